The van der Waals surface area contributed by atoms with Gasteiger partial charge in [0.1, 0.15) is 9.92 Å². The van der Waals surface area contributed by atoms with Crippen LogP contribution < -0.4 is 0 Å². The molecule has 3 unspecified atom stereocenters. The Labute approximate surface area is 86.4 Å². The van der Waals surface area contributed by atoms with E-state index in [9.17, 15) is 4.21 Å². The lowest BCUT2D eigenvalue weighted by atomic mass is 10.4. The van der Waals surface area contributed by atoms with Crippen molar-refractivity contribution in [2.75, 3.05) is 32.9 Å². The summed E-state index contributed by atoms with van der Waals surface area (Å²) in [5, 5.41) is 0. The highest BCUT2D eigenvalue weighted by molar-refractivity contribution is 7.90. The Morgan fingerprint density at radius 1 is 1.43 bits per heavy atom. The van der Waals surface area contributed by atoms with Gasteiger partial charge in [-0.1, -0.05) is 6.92 Å². The van der Waals surface area contributed by atoms with Crippen LogP contribution in [0.25, 0.3) is 0 Å². The number of piperidine rings is 1. The molecule has 5 heteroatoms. The predicted molar refractivity (Wildman–Crippen MR) is 57.4 cm³/mol. The Kier molecular flexibility index (Phi) is 2.36. The van der Waals surface area contributed by atoms with Crippen LogP contribution in [0, 0.1) is 16.6 Å². The second kappa shape index (κ2) is 3.18. The van der Waals surface area contributed by atoms with Gasteiger partial charge in [-0.2, -0.15) is 0 Å². The quantitative estimate of drug-likeness (QED) is 0.746. The molecule has 0 radical (unpaired) electrons. The maximum Gasteiger partial charge on any atom is 0.107 e. The minimum absolute atomic E-state index is 0.457. The topological polar surface area (TPSA) is 47.4 Å². The van der Waals surface area contributed by atoms with Gasteiger partial charge in [0.25, 0.3) is 0 Å². The van der Waals surface area contributed by atoms with Crippen LogP contribution in [0.15, 0.2) is 0 Å². The zero-order valence-electron chi connectivity index (χ0n) is 9.06. The lowest BCUT2D eigenvalue weighted by molar-refractivity contribution is 0.319. The van der Waals surface area contributed by atoms with Crippen molar-refractivity contribution >= 4 is 9.92 Å². The van der Waals surface area contributed by atoms with E-state index < -0.39 is 9.92 Å². The first kappa shape index (κ1) is 10.4. The number of hydrogen-bond donors (Lipinski definition) is 1. The molecular formula is C9H19N3OS. The fourth-order valence-corrected chi connectivity index (χ4v) is 3.84. The Morgan fingerprint density at radius 3 is 2.29 bits per heavy atom. The SMILES string of the molecule is CCS(=N)(=O)N1CC2C(C1)C2N(C)C. The van der Waals surface area contributed by atoms with E-state index in [1.165, 1.54) is 0 Å². The number of nitrogens with zero attached hydrogens (tertiary/aromatic N) is 2. The predicted octanol–water partition coefficient (Wildman–Crippen LogP) is 0.460. The molecule has 0 bridgehead atoms. The van der Waals surface area contributed by atoms with Gasteiger partial charge in [0.15, 0.2) is 0 Å². The standard InChI is InChI=1S/C9H19N3OS/c1-4-14(10,13)12-5-7-8(6-12)9(7)11(2)3/h7-10H,4-6H2,1-3H3. The molecule has 1 saturated carbocycles. The summed E-state index contributed by atoms with van der Waals surface area (Å²) in [4.78, 5) is 2.25. The van der Waals surface area contributed by atoms with E-state index in [0.29, 0.717) is 23.6 Å². The third kappa shape index (κ3) is 1.47. The Balaban J connectivity index is 1.97. The maximum atomic E-state index is 11.8. The second-order valence-corrected chi connectivity index (χ2v) is 6.93. The molecule has 0 aromatic rings. The highest BCUT2D eigenvalue weighted by Crippen LogP contribution is 2.48. The number of hydrogen-bond acceptors (Lipinski definition) is 3. The molecule has 0 aromatic carbocycles. The molecule has 1 aliphatic heterocycles. The monoisotopic (exact) mass is 217 g/mol. The van der Waals surface area contributed by atoms with E-state index in [2.05, 4.69) is 19.0 Å². The smallest absolute Gasteiger partial charge is 0.107 e. The van der Waals surface area contributed by atoms with Crippen LogP contribution in [0.5, 0.6) is 0 Å². The van der Waals surface area contributed by atoms with Crippen molar-refractivity contribution in [3.63, 3.8) is 0 Å². The lowest BCUT2D eigenvalue weighted by Gasteiger charge is -2.23. The fourth-order valence-electron chi connectivity index (χ4n) is 2.65. The van der Waals surface area contributed by atoms with Crippen molar-refractivity contribution in [2.45, 2.75) is 13.0 Å². The summed E-state index contributed by atoms with van der Waals surface area (Å²) in [7, 11) is 1.77. The van der Waals surface area contributed by atoms with Gasteiger partial charge in [-0.15, -0.1) is 0 Å². The largest absolute Gasteiger partial charge is 0.306 e. The minimum atomic E-state index is -2.43. The van der Waals surface area contributed by atoms with Gasteiger partial charge in [-0.05, 0) is 25.9 Å². The van der Waals surface area contributed by atoms with Crippen LogP contribution in [-0.2, 0) is 9.92 Å². The summed E-state index contributed by atoms with van der Waals surface area (Å²) >= 11 is 0. The lowest BCUT2D eigenvalue weighted by Crippen LogP contribution is -2.35. The zero-order valence-corrected chi connectivity index (χ0v) is 9.88. The molecule has 0 amide bonds. The van der Waals surface area contributed by atoms with Crippen LogP contribution in [-0.4, -0.2) is 52.4 Å². The number of fused-ring (bicyclic) bond motifs is 1. The molecule has 1 N–H and O–H groups in total. The molecule has 2 fully saturated rings. The van der Waals surface area contributed by atoms with E-state index in [1.54, 1.807) is 0 Å². The first-order valence-electron chi connectivity index (χ1n) is 5.15. The van der Waals surface area contributed by atoms with Gasteiger partial charge in [0.2, 0.25) is 0 Å². The van der Waals surface area contributed by atoms with Crippen molar-refractivity contribution in [2.24, 2.45) is 11.8 Å². The van der Waals surface area contributed by atoms with Crippen molar-refractivity contribution in [1.29, 1.82) is 4.78 Å². The molecule has 0 aromatic heterocycles. The van der Waals surface area contributed by atoms with Crippen LogP contribution in [0.2, 0.25) is 0 Å². The first-order valence-corrected chi connectivity index (χ1v) is 6.83. The normalized spacial score (nSPS) is 41.0. The molecule has 2 aliphatic rings. The van der Waals surface area contributed by atoms with Crippen molar-refractivity contribution in [1.82, 2.24) is 9.21 Å². The van der Waals surface area contributed by atoms with E-state index in [4.69, 9.17) is 4.78 Å². The average Bonchev–Trinajstić information content (AvgIpc) is 2.62. The molecule has 0 spiro atoms. The Bertz CT molecular complexity index is 313. The van der Waals surface area contributed by atoms with Crippen LogP contribution >= 0.6 is 0 Å². The Hall–Kier alpha value is -0.130. The van der Waals surface area contributed by atoms with Gasteiger partial charge in [-0.3, -0.25) is 0 Å². The van der Waals surface area contributed by atoms with E-state index in [-0.39, 0.29) is 0 Å². The van der Waals surface area contributed by atoms with Gasteiger partial charge < -0.3 is 4.90 Å². The van der Waals surface area contributed by atoms with Crippen molar-refractivity contribution in [3.05, 3.63) is 0 Å². The van der Waals surface area contributed by atoms with Crippen LogP contribution in [0.4, 0.5) is 0 Å². The summed E-state index contributed by atoms with van der Waals surface area (Å²) in [6, 6.07) is 0.679. The van der Waals surface area contributed by atoms with Gasteiger partial charge >= 0.3 is 0 Å². The molecule has 82 valence electrons. The summed E-state index contributed by atoms with van der Waals surface area (Å²) in [6.45, 7) is 3.57. The molecule has 2 rings (SSSR count). The fraction of sp³-hybridized carbons (Fsp3) is 1.00. The van der Waals surface area contributed by atoms with E-state index in [0.717, 1.165) is 13.1 Å². The van der Waals surface area contributed by atoms with Gasteiger partial charge in [-0.25, -0.2) is 13.3 Å². The minimum Gasteiger partial charge on any atom is -0.306 e. The third-order valence-corrected chi connectivity index (χ3v) is 5.43. The molecule has 1 heterocycles. The molecule has 14 heavy (non-hydrogen) atoms. The van der Waals surface area contributed by atoms with Crippen molar-refractivity contribution in [3.8, 4) is 0 Å². The third-order valence-electron chi connectivity index (χ3n) is 3.52. The summed E-state index contributed by atoms with van der Waals surface area (Å²) < 4.78 is 21.4. The first-order chi connectivity index (χ1) is 6.47. The molecule has 3 atom stereocenters. The average molecular weight is 217 g/mol. The van der Waals surface area contributed by atoms with Crippen LogP contribution in [0.1, 0.15) is 6.92 Å². The van der Waals surface area contributed by atoms with E-state index in [1.807, 2.05) is 11.2 Å². The van der Waals surface area contributed by atoms with Gasteiger partial charge in [0.05, 0.1) is 0 Å². The van der Waals surface area contributed by atoms with Crippen LogP contribution in [0.3, 0.4) is 0 Å². The van der Waals surface area contributed by atoms with Gasteiger partial charge in [0, 0.05) is 24.9 Å². The molecule has 1 aliphatic carbocycles. The highest BCUT2D eigenvalue weighted by atomic mass is 32.2. The summed E-state index contributed by atoms with van der Waals surface area (Å²) in [5.41, 5.74) is 0. The molecular weight excluding hydrogens is 198 g/mol. The summed E-state index contributed by atoms with van der Waals surface area (Å²) in [6.07, 6.45) is 0. The zero-order chi connectivity index (χ0) is 10.5. The number of nitrogens with one attached hydrogen (secondary N) is 1. The second-order valence-electron chi connectivity index (χ2n) is 4.56. The molecule has 1 saturated heterocycles. The summed E-state index contributed by atoms with van der Waals surface area (Å²) in [5.74, 6) is 1.80. The number of rotatable bonds is 3. The molecule has 4 nitrogen and oxygen atoms in total. The van der Waals surface area contributed by atoms with E-state index >= 15 is 0 Å². The maximum absolute atomic E-state index is 11.8. The highest BCUT2D eigenvalue weighted by Gasteiger charge is 2.57. The van der Waals surface area contributed by atoms with Crippen molar-refractivity contribution < 1.29 is 4.21 Å². The Morgan fingerprint density at radius 2 is 1.93 bits per heavy atom.